The van der Waals surface area contributed by atoms with Crippen molar-refractivity contribution in [2.45, 2.75) is 38.8 Å². The summed E-state index contributed by atoms with van der Waals surface area (Å²) in [4.78, 5) is 1.47. The molecule has 0 amide bonds. The molecule has 1 aromatic carbocycles. The van der Waals surface area contributed by atoms with Gasteiger partial charge in [-0.05, 0) is 23.2 Å². The minimum Gasteiger partial charge on any atom is -0.396 e. The second-order valence-electron chi connectivity index (χ2n) is 6.50. The molecule has 2 rings (SSSR count). The zero-order chi connectivity index (χ0) is 16.0. The molecular formula is C15H24N4O2Si. The van der Waals surface area contributed by atoms with E-state index in [4.69, 9.17) is 9.84 Å². The Morgan fingerprint density at radius 2 is 1.91 bits per heavy atom. The first-order valence-corrected chi connectivity index (χ1v) is 11.2. The second kappa shape index (κ2) is 7.62. The van der Waals surface area contributed by atoms with Crippen molar-refractivity contribution in [2.24, 2.45) is 0 Å². The third-order valence-electron chi connectivity index (χ3n) is 3.27. The lowest BCUT2D eigenvalue weighted by Gasteiger charge is -2.14. The van der Waals surface area contributed by atoms with Crippen LogP contribution in [0.5, 0.6) is 0 Å². The van der Waals surface area contributed by atoms with Gasteiger partial charge in [0.25, 0.3) is 0 Å². The fourth-order valence-corrected chi connectivity index (χ4v) is 2.64. The maximum absolute atomic E-state index is 8.91. The van der Waals surface area contributed by atoms with Gasteiger partial charge in [-0.25, -0.2) is 0 Å². The molecule has 0 unspecified atom stereocenters. The lowest BCUT2D eigenvalue weighted by atomic mass is 10.1. The molecule has 0 spiro atoms. The Balaban J connectivity index is 1.88. The zero-order valence-electron chi connectivity index (χ0n) is 13.5. The van der Waals surface area contributed by atoms with E-state index in [0.29, 0.717) is 19.0 Å². The van der Waals surface area contributed by atoms with Crippen molar-refractivity contribution >= 4 is 8.07 Å². The third kappa shape index (κ3) is 5.32. The van der Waals surface area contributed by atoms with Crippen molar-refractivity contribution in [3.8, 4) is 11.4 Å². The van der Waals surface area contributed by atoms with Crippen LogP contribution in [0.25, 0.3) is 11.4 Å². The maximum atomic E-state index is 8.91. The van der Waals surface area contributed by atoms with Gasteiger partial charge in [0.05, 0.1) is 0 Å². The van der Waals surface area contributed by atoms with Crippen LogP contribution in [0, 0.1) is 0 Å². The Hall–Kier alpha value is -1.57. The van der Waals surface area contributed by atoms with Crippen LogP contribution in [0.3, 0.4) is 0 Å². The fraction of sp³-hybridized carbons (Fsp3) is 0.533. The minimum absolute atomic E-state index is 0.155. The molecule has 0 saturated heterocycles. The molecule has 2 aromatic rings. The maximum Gasteiger partial charge on any atom is 0.205 e. The molecular weight excluding hydrogens is 296 g/mol. The van der Waals surface area contributed by atoms with Crippen LogP contribution in [-0.4, -0.2) is 46.6 Å². The van der Waals surface area contributed by atoms with Crippen LogP contribution in [0.4, 0.5) is 0 Å². The number of aliphatic hydroxyl groups excluding tert-OH is 1. The number of nitrogens with zero attached hydrogens (tertiary/aromatic N) is 4. The van der Waals surface area contributed by atoms with Crippen molar-refractivity contribution in [1.29, 1.82) is 0 Å². The number of ether oxygens (including phenoxy) is 1. The topological polar surface area (TPSA) is 73.1 Å². The van der Waals surface area contributed by atoms with E-state index in [1.807, 2.05) is 24.3 Å². The SMILES string of the molecule is C[Si](C)(C)CCOCn1nnc(-c2ccc(CCO)cc2)n1. The summed E-state index contributed by atoms with van der Waals surface area (Å²) in [6.45, 7) is 8.19. The highest BCUT2D eigenvalue weighted by atomic mass is 28.3. The third-order valence-corrected chi connectivity index (χ3v) is 4.97. The quantitative estimate of drug-likeness (QED) is 0.596. The highest BCUT2D eigenvalue weighted by Crippen LogP contribution is 2.15. The molecule has 1 heterocycles. The van der Waals surface area contributed by atoms with Gasteiger partial charge in [-0.2, -0.15) is 0 Å². The van der Waals surface area contributed by atoms with E-state index in [-0.39, 0.29) is 6.61 Å². The summed E-state index contributed by atoms with van der Waals surface area (Å²) < 4.78 is 5.60. The van der Waals surface area contributed by atoms with E-state index in [1.54, 1.807) is 0 Å². The van der Waals surface area contributed by atoms with Gasteiger partial charge >= 0.3 is 0 Å². The fourth-order valence-electron chi connectivity index (χ4n) is 1.89. The number of aromatic nitrogens is 4. The zero-order valence-corrected chi connectivity index (χ0v) is 14.5. The number of rotatable bonds is 8. The Morgan fingerprint density at radius 1 is 1.18 bits per heavy atom. The van der Waals surface area contributed by atoms with Gasteiger partial charge in [0.1, 0.15) is 0 Å². The molecule has 7 heteroatoms. The lowest BCUT2D eigenvalue weighted by Crippen LogP contribution is -2.22. The normalized spacial score (nSPS) is 11.8. The number of aliphatic hydroxyl groups is 1. The lowest BCUT2D eigenvalue weighted by molar-refractivity contribution is 0.0674. The van der Waals surface area contributed by atoms with Crippen LogP contribution in [0.2, 0.25) is 25.7 Å². The summed E-state index contributed by atoms with van der Waals surface area (Å²) >= 11 is 0. The first-order valence-electron chi connectivity index (χ1n) is 7.54. The van der Waals surface area contributed by atoms with E-state index in [0.717, 1.165) is 23.8 Å². The molecule has 0 fully saturated rings. The predicted octanol–water partition coefficient (Wildman–Crippen LogP) is 2.19. The highest BCUT2D eigenvalue weighted by molar-refractivity contribution is 6.76. The molecule has 0 aliphatic rings. The average molecular weight is 320 g/mol. The summed E-state index contributed by atoms with van der Waals surface area (Å²) in [5, 5.41) is 21.3. The van der Waals surface area contributed by atoms with Crippen molar-refractivity contribution in [2.75, 3.05) is 13.2 Å². The number of tetrazole rings is 1. The molecule has 1 N–H and O–H groups in total. The van der Waals surface area contributed by atoms with Crippen molar-refractivity contribution in [1.82, 2.24) is 20.2 Å². The van der Waals surface area contributed by atoms with E-state index in [9.17, 15) is 0 Å². The number of benzene rings is 1. The molecule has 0 atom stereocenters. The van der Waals surface area contributed by atoms with E-state index >= 15 is 0 Å². The highest BCUT2D eigenvalue weighted by Gasteiger charge is 2.12. The molecule has 0 aliphatic heterocycles. The standard InChI is InChI=1S/C15H24N4O2Si/c1-22(2,3)11-10-21-12-19-17-15(16-18-19)14-6-4-13(5-7-14)8-9-20/h4-7,20H,8-12H2,1-3H3. The van der Waals surface area contributed by atoms with Gasteiger partial charge in [-0.1, -0.05) is 43.9 Å². The van der Waals surface area contributed by atoms with Crippen LogP contribution in [-0.2, 0) is 17.9 Å². The van der Waals surface area contributed by atoms with Crippen LogP contribution >= 0.6 is 0 Å². The Morgan fingerprint density at radius 3 is 2.55 bits per heavy atom. The number of hydrogen-bond donors (Lipinski definition) is 1. The molecule has 0 radical (unpaired) electrons. The first-order chi connectivity index (χ1) is 10.5. The Bertz CT molecular complexity index is 578. The molecule has 0 bridgehead atoms. The summed E-state index contributed by atoms with van der Waals surface area (Å²) in [6, 6.07) is 8.95. The monoisotopic (exact) mass is 320 g/mol. The largest absolute Gasteiger partial charge is 0.396 e. The molecule has 0 saturated carbocycles. The average Bonchev–Trinajstić information content (AvgIpc) is 2.93. The summed E-state index contributed by atoms with van der Waals surface area (Å²) in [7, 11) is -1.06. The van der Waals surface area contributed by atoms with Crippen LogP contribution in [0.1, 0.15) is 5.56 Å². The molecule has 22 heavy (non-hydrogen) atoms. The predicted molar refractivity (Wildman–Crippen MR) is 88.1 cm³/mol. The van der Waals surface area contributed by atoms with Crippen molar-refractivity contribution < 1.29 is 9.84 Å². The smallest absolute Gasteiger partial charge is 0.205 e. The van der Waals surface area contributed by atoms with Crippen LogP contribution in [0.15, 0.2) is 24.3 Å². The van der Waals surface area contributed by atoms with Crippen molar-refractivity contribution in [3.63, 3.8) is 0 Å². The number of hydrogen-bond acceptors (Lipinski definition) is 5. The van der Waals surface area contributed by atoms with Gasteiger partial charge in [-0.3, -0.25) is 0 Å². The van der Waals surface area contributed by atoms with Gasteiger partial charge < -0.3 is 9.84 Å². The summed E-state index contributed by atoms with van der Waals surface area (Å²) in [6.07, 6.45) is 0.658. The Labute approximate surface area is 132 Å². The second-order valence-corrected chi connectivity index (χ2v) is 12.1. The molecule has 1 aromatic heterocycles. The summed E-state index contributed by atoms with van der Waals surface area (Å²) in [5.41, 5.74) is 2.00. The molecule has 120 valence electrons. The minimum atomic E-state index is -1.06. The molecule has 6 nitrogen and oxygen atoms in total. The first kappa shape index (κ1) is 16.8. The Kier molecular flexibility index (Phi) is 5.81. The van der Waals surface area contributed by atoms with Gasteiger partial charge in [-0.15, -0.1) is 15.0 Å². The van der Waals surface area contributed by atoms with E-state index in [2.05, 4.69) is 35.1 Å². The van der Waals surface area contributed by atoms with E-state index in [1.165, 1.54) is 4.80 Å². The van der Waals surface area contributed by atoms with Gasteiger partial charge in [0, 0.05) is 26.9 Å². The van der Waals surface area contributed by atoms with Gasteiger partial charge in [0.2, 0.25) is 5.82 Å². The summed E-state index contributed by atoms with van der Waals surface area (Å²) in [5.74, 6) is 0.587. The molecule has 0 aliphatic carbocycles. The van der Waals surface area contributed by atoms with E-state index < -0.39 is 8.07 Å². The van der Waals surface area contributed by atoms with Crippen LogP contribution < -0.4 is 0 Å². The van der Waals surface area contributed by atoms with Gasteiger partial charge in [0.15, 0.2) is 6.73 Å². The van der Waals surface area contributed by atoms with Crippen molar-refractivity contribution in [3.05, 3.63) is 29.8 Å².